The van der Waals surface area contributed by atoms with Gasteiger partial charge in [-0.2, -0.15) is 0 Å². The number of methoxy groups -OCH3 is 1. The van der Waals surface area contributed by atoms with Crippen molar-refractivity contribution in [1.82, 2.24) is 5.32 Å². The number of carbonyl (C=O) groups excluding carboxylic acids is 1. The van der Waals surface area contributed by atoms with Crippen LogP contribution < -0.4 is 10.2 Å². The summed E-state index contributed by atoms with van der Waals surface area (Å²) in [5, 5.41) is 4.46. The number of carbonyl (C=O) groups is 1. The Kier molecular flexibility index (Phi) is 11.8. The summed E-state index contributed by atoms with van der Waals surface area (Å²) in [6.45, 7) is 12.0. The van der Waals surface area contributed by atoms with Crippen molar-refractivity contribution >= 4 is 28.0 Å². The van der Waals surface area contributed by atoms with Gasteiger partial charge in [-0.05, 0) is 33.4 Å². The quantitative estimate of drug-likeness (QED) is 0.503. The average Bonchev–Trinajstić information content (AvgIpc) is 2.99. The molecule has 0 saturated carbocycles. The molecule has 1 atom stereocenters. The summed E-state index contributed by atoms with van der Waals surface area (Å²) in [6.07, 6.45) is 9.53. The first kappa shape index (κ1) is 27.4. The van der Waals surface area contributed by atoms with Gasteiger partial charge in [-0.1, -0.05) is 50.1 Å². The molecule has 2 heterocycles. The molecule has 174 valence electrons. The van der Waals surface area contributed by atoms with Crippen molar-refractivity contribution in [3.8, 4) is 12.8 Å². The molecule has 0 radical (unpaired) electrons. The molecule has 3 rings (SSSR count). The highest BCUT2D eigenvalue weighted by molar-refractivity contribution is 7.16. The molecule has 32 heavy (non-hydrogen) atoms. The second kappa shape index (κ2) is 13.7. The van der Waals surface area contributed by atoms with Gasteiger partial charge in [-0.25, -0.2) is 0 Å². The van der Waals surface area contributed by atoms with E-state index in [0.29, 0.717) is 13.2 Å². The summed E-state index contributed by atoms with van der Waals surface area (Å²) < 4.78 is 4.91. The molecule has 1 aromatic heterocycles. The molecule has 5 nitrogen and oxygen atoms in total. The first-order valence-corrected chi connectivity index (χ1v) is 11.7. The van der Waals surface area contributed by atoms with E-state index in [4.69, 9.17) is 9.73 Å². The van der Waals surface area contributed by atoms with Crippen molar-refractivity contribution in [1.29, 1.82) is 0 Å². The van der Waals surface area contributed by atoms with E-state index in [0.717, 1.165) is 11.3 Å². The topological polar surface area (TPSA) is 53.9 Å². The van der Waals surface area contributed by atoms with Crippen LogP contribution in [0.5, 0.6) is 0 Å². The number of nitrogens with zero attached hydrogens (tertiary/aromatic N) is 2. The fraction of sp³-hybridized carbons (Fsp3) is 0.462. The third-order valence-electron chi connectivity index (χ3n) is 4.94. The van der Waals surface area contributed by atoms with Gasteiger partial charge in [0.2, 0.25) is 0 Å². The first-order valence-electron chi connectivity index (χ1n) is 10.9. The normalized spacial score (nSPS) is 14.6. The van der Waals surface area contributed by atoms with Crippen LogP contribution in [0.2, 0.25) is 0 Å². The number of rotatable bonds is 5. The van der Waals surface area contributed by atoms with Crippen LogP contribution in [0.25, 0.3) is 0 Å². The van der Waals surface area contributed by atoms with Gasteiger partial charge in [0.25, 0.3) is 0 Å². The molecule has 0 bridgehead atoms. The SMILES string of the molecule is C#C.CCC.CNCN1CC(CC(=O)OC)N=C(c2ccc(C)cc2)c2c1sc(C)c2C. The molecule has 0 fully saturated rings. The van der Waals surface area contributed by atoms with Gasteiger partial charge in [-0.3, -0.25) is 9.79 Å². The highest BCUT2D eigenvalue weighted by atomic mass is 32.1. The number of aliphatic imine (C=N–C) groups is 1. The summed E-state index contributed by atoms with van der Waals surface area (Å²) in [7, 11) is 3.37. The monoisotopic (exact) mass is 455 g/mol. The van der Waals surface area contributed by atoms with Crippen molar-refractivity contribution in [3.63, 3.8) is 0 Å². The van der Waals surface area contributed by atoms with E-state index in [2.05, 4.69) is 81.9 Å². The zero-order valence-corrected chi connectivity index (χ0v) is 21.3. The maximum atomic E-state index is 12.0. The fourth-order valence-electron chi connectivity index (χ4n) is 3.38. The minimum atomic E-state index is -0.227. The molecule has 0 aliphatic carbocycles. The zero-order valence-electron chi connectivity index (χ0n) is 20.5. The van der Waals surface area contributed by atoms with Crippen LogP contribution in [0.15, 0.2) is 29.3 Å². The maximum absolute atomic E-state index is 12.0. The van der Waals surface area contributed by atoms with Gasteiger partial charge < -0.3 is 15.0 Å². The van der Waals surface area contributed by atoms with E-state index in [9.17, 15) is 4.79 Å². The number of ether oxygens (including phenoxy) is 1. The number of aryl methyl sites for hydroxylation is 2. The second-order valence-electron chi connectivity index (χ2n) is 7.68. The Labute approximate surface area is 197 Å². The molecule has 1 aromatic carbocycles. The fourth-order valence-corrected chi connectivity index (χ4v) is 4.54. The number of benzene rings is 1. The lowest BCUT2D eigenvalue weighted by atomic mass is 9.99. The number of thiophene rings is 1. The predicted octanol–water partition coefficient (Wildman–Crippen LogP) is 5.11. The van der Waals surface area contributed by atoms with Gasteiger partial charge in [0, 0.05) is 22.5 Å². The summed E-state index contributed by atoms with van der Waals surface area (Å²) in [5.74, 6) is -0.227. The van der Waals surface area contributed by atoms with Crippen molar-refractivity contribution in [2.24, 2.45) is 4.99 Å². The number of hydrogen-bond donors (Lipinski definition) is 1. The Morgan fingerprint density at radius 3 is 2.34 bits per heavy atom. The first-order chi connectivity index (χ1) is 15.4. The molecule has 0 amide bonds. The third-order valence-corrected chi connectivity index (χ3v) is 6.21. The molecular weight excluding hydrogens is 418 g/mol. The van der Waals surface area contributed by atoms with Crippen LogP contribution in [-0.4, -0.2) is 45.1 Å². The van der Waals surface area contributed by atoms with Gasteiger partial charge in [-0.15, -0.1) is 24.2 Å². The number of nitrogens with one attached hydrogen (secondary N) is 1. The van der Waals surface area contributed by atoms with Crippen LogP contribution in [0.1, 0.15) is 53.8 Å². The molecule has 1 unspecified atom stereocenters. The molecule has 0 spiro atoms. The Balaban J connectivity index is 0.000000944. The van der Waals surface area contributed by atoms with Crippen LogP contribution >= 0.6 is 11.3 Å². The maximum Gasteiger partial charge on any atom is 0.307 e. The van der Waals surface area contributed by atoms with E-state index in [1.807, 2.05) is 7.05 Å². The van der Waals surface area contributed by atoms with Crippen molar-refractivity contribution < 1.29 is 9.53 Å². The predicted molar refractivity (Wildman–Crippen MR) is 138 cm³/mol. The highest BCUT2D eigenvalue weighted by Gasteiger charge is 2.29. The molecule has 6 heteroatoms. The molecule has 0 saturated heterocycles. The lowest BCUT2D eigenvalue weighted by Gasteiger charge is -2.24. The van der Waals surface area contributed by atoms with Crippen molar-refractivity contribution in [3.05, 3.63) is 51.4 Å². The van der Waals surface area contributed by atoms with E-state index < -0.39 is 0 Å². The molecular formula is C26H37N3O2S. The number of hydrogen-bond acceptors (Lipinski definition) is 6. The smallest absolute Gasteiger partial charge is 0.307 e. The van der Waals surface area contributed by atoms with E-state index >= 15 is 0 Å². The van der Waals surface area contributed by atoms with Crippen molar-refractivity contribution in [2.45, 2.75) is 53.5 Å². The molecule has 1 aliphatic heterocycles. The van der Waals surface area contributed by atoms with Crippen LogP contribution in [0.4, 0.5) is 5.00 Å². The van der Waals surface area contributed by atoms with E-state index in [1.165, 1.54) is 40.1 Å². The van der Waals surface area contributed by atoms with Gasteiger partial charge in [0.15, 0.2) is 0 Å². The number of fused-ring (bicyclic) bond motifs is 1. The van der Waals surface area contributed by atoms with Crippen LogP contribution in [0.3, 0.4) is 0 Å². The summed E-state index contributed by atoms with van der Waals surface area (Å²) in [4.78, 5) is 20.6. The largest absolute Gasteiger partial charge is 0.469 e. The standard InChI is InChI=1S/C21H27N3O2S.C3H8.C2H2/c1-13-6-8-16(9-7-13)20-19-14(2)15(3)27-21(19)24(12-22-4)11-17(23-20)10-18(25)26-5;1-3-2;1-2/h6-9,17,22H,10-12H2,1-5H3;3H2,1-2H3;1-2H. The lowest BCUT2D eigenvalue weighted by molar-refractivity contribution is -0.140. The minimum Gasteiger partial charge on any atom is -0.469 e. The lowest BCUT2D eigenvalue weighted by Crippen LogP contribution is -2.37. The molecule has 2 aromatic rings. The van der Waals surface area contributed by atoms with Crippen LogP contribution in [0, 0.1) is 33.6 Å². The molecule has 1 aliphatic rings. The third kappa shape index (κ3) is 6.94. The minimum absolute atomic E-state index is 0.151. The van der Waals surface area contributed by atoms with Crippen molar-refractivity contribution in [2.75, 3.05) is 32.3 Å². The number of esters is 1. The Morgan fingerprint density at radius 2 is 1.81 bits per heavy atom. The highest BCUT2D eigenvalue weighted by Crippen LogP contribution is 2.39. The van der Waals surface area contributed by atoms with E-state index in [1.54, 1.807) is 11.3 Å². The van der Waals surface area contributed by atoms with Gasteiger partial charge in [0.1, 0.15) is 5.00 Å². The van der Waals surface area contributed by atoms with Gasteiger partial charge >= 0.3 is 5.97 Å². The number of anilines is 1. The second-order valence-corrected chi connectivity index (χ2v) is 8.89. The Morgan fingerprint density at radius 1 is 1.22 bits per heavy atom. The Bertz CT molecular complexity index is 913. The average molecular weight is 456 g/mol. The van der Waals surface area contributed by atoms with E-state index in [-0.39, 0.29) is 18.4 Å². The van der Waals surface area contributed by atoms with Gasteiger partial charge in [0.05, 0.1) is 32.0 Å². The molecule has 1 N–H and O–H groups in total. The van der Waals surface area contributed by atoms with Crippen LogP contribution in [-0.2, 0) is 9.53 Å². The number of terminal acetylenes is 1. The summed E-state index contributed by atoms with van der Waals surface area (Å²) in [6, 6.07) is 8.30. The summed E-state index contributed by atoms with van der Waals surface area (Å²) >= 11 is 1.80. The Hall–Kier alpha value is -2.62. The summed E-state index contributed by atoms with van der Waals surface area (Å²) in [5.41, 5.74) is 5.72. The zero-order chi connectivity index (χ0) is 24.3.